The van der Waals surface area contributed by atoms with Crippen molar-refractivity contribution in [3.05, 3.63) is 53.2 Å². The van der Waals surface area contributed by atoms with Crippen LogP contribution in [0.15, 0.2) is 36.4 Å². The van der Waals surface area contributed by atoms with Crippen LogP contribution in [0.5, 0.6) is 5.75 Å². The molecule has 134 valence electrons. The Morgan fingerprint density at radius 2 is 1.96 bits per heavy atom. The van der Waals surface area contributed by atoms with Crippen molar-refractivity contribution in [2.75, 3.05) is 14.2 Å². The van der Waals surface area contributed by atoms with Gasteiger partial charge in [0.25, 0.3) is 0 Å². The van der Waals surface area contributed by atoms with Gasteiger partial charge in [0.1, 0.15) is 12.0 Å². The smallest absolute Gasteiger partial charge is 0.377 e. The highest BCUT2D eigenvalue weighted by Crippen LogP contribution is 2.28. The first-order chi connectivity index (χ1) is 11.9. The molecule has 0 unspecified atom stereocenters. The Bertz CT molecular complexity index is 791. The maximum Gasteiger partial charge on any atom is 0.377 e. The third kappa shape index (κ3) is 4.21. The molecule has 1 aromatic carbocycles. The molecular formula is C19H24N2O4. The minimum atomic E-state index is -0.606. The van der Waals surface area contributed by atoms with E-state index in [1.54, 1.807) is 4.68 Å². The summed E-state index contributed by atoms with van der Waals surface area (Å²) < 4.78 is 17.2. The molecule has 0 aliphatic rings. The van der Waals surface area contributed by atoms with Gasteiger partial charge in [-0.05, 0) is 43.0 Å². The fraction of sp³-hybridized carbons (Fsp3) is 0.368. The van der Waals surface area contributed by atoms with Crippen LogP contribution in [0.3, 0.4) is 0 Å². The lowest BCUT2D eigenvalue weighted by Gasteiger charge is -2.14. The van der Waals surface area contributed by atoms with E-state index in [9.17, 15) is 4.79 Å². The Morgan fingerprint density at radius 3 is 2.52 bits per heavy atom. The molecule has 0 amide bonds. The Morgan fingerprint density at radius 1 is 1.24 bits per heavy atom. The molecule has 0 radical (unpaired) electrons. The molecule has 0 aliphatic heterocycles. The van der Waals surface area contributed by atoms with Crippen molar-refractivity contribution in [1.82, 2.24) is 9.78 Å². The lowest BCUT2D eigenvalue weighted by atomic mass is 10.1. The molecule has 6 heteroatoms. The maximum absolute atomic E-state index is 11.8. The molecular weight excluding hydrogens is 320 g/mol. The molecule has 6 nitrogen and oxygen atoms in total. The normalized spacial score (nSPS) is 11.6. The van der Waals surface area contributed by atoms with Crippen molar-refractivity contribution in [2.45, 2.75) is 33.6 Å². The standard InChI is InChI=1S/C19H24N2O4/c1-12(2)16-7-8-21(20-16)15-9-13(3)14(4)17(10-15)25-18(11-23-5)19(22)24-6/h7-12H,1-6H3/b18-11-. The number of hydrogen-bond donors (Lipinski definition) is 0. The second-order valence-electron chi connectivity index (χ2n) is 6.04. The van der Waals surface area contributed by atoms with Crippen LogP contribution < -0.4 is 4.74 Å². The van der Waals surface area contributed by atoms with E-state index in [-0.39, 0.29) is 5.76 Å². The van der Waals surface area contributed by atoms with Gasteiger partial charge in [0.2, 0.25) is 5.76 Å². The number of aryl methyl sites for hydroxylation is 1. The summed E-state index contributed by atoms with van der Waals surface area (Å²) in [5.74, 6) is 0.267. The van der Waals surface area contributed by atoms with E-state index in [1.807, 2.05) is 38.2 Å². The predicted molar refractivity (Wildman–Crippen MR) is 94.9 cm³/mol. The van der Waals surface area contributed by atoms with E-state index >= 15 is 0 Å². The first kappa shape index (κ1) is 18.6. The molecule has 0 spiro atoms. The number of carbonyl (C=O) groups is 1. The molecule has 0 atom stereocenters. The van der Waals surface area contributed by atoms with Gasteiger partial charge in [-0.3, -0.25) is 0 Å². The van der Waals surface area contributed by atoms with Crippen LogP contribution in [0.1, 0.15) is 36.6 Å². The van der Waals surface area contributed by atoms with E-state index in [4.69, 9.17) is 14.2 Å². The topological polar surface area (TPSA) is 62.6 Å². The van der Waals surface area contributed by atoms with Crippen LogP contribution in [0.25, 0.3) is 5.69 Å². The van der Waals surface area contributed by atoms with Gasteiger partial charge in [0, 0.05) is 12.3 Å². The van der Waals surface area contributed by atoms with Crippen LogP contribution >= 0.6 is 0 Å². The highest BCUT2D eigenvalue weighted by molar-refractivity contribution is 5.86. The summed E-state index contributed by atoms with van der Waals surface area (Å²) in [6, 6.07) is 5.86. The summed E-state index contributed by atoms with van der Waals surface area (Å²) in [6.45, 7) is 8.11. The highest BCUT2D eigenvalue weighted by atomic mass is 16.6. The SMILES string of the molecule is CO/C=C(\Oc1cc(-n2ccc(C(C)C)n2)cc(C)c1C)C(=O)OC. The number of nitrogens with zero attached hydrogens (tertiary/aromatic N) is 2. The zero-order chi connectivity index (χ0) is 18.6. The monoisotopic (exact) mass is 344 g/mol. The summed E-state index contributed by atoms with van der Waals surface area (Å²) in [5.41, 5.74) is 3.81. The van der Waals surface area contributed by atoms with Gasteiger partial charge >= 0.3 is 5.97 Å². The maximum atomic E-state index is 11.8. The molecule has 1 aromatic heterocycles. The number of carbonyl (C=O) groups excluding carboxylic acids is 1. The second-order valence-corrected chi connectivity index (χ2v) is 6.04. The largest absolute Gasteiger partial charge is 0.500 e. The van der Waals surface area contributed by atoms with Crippen molar-refractivity contribution < 1.29 is 19.0 Å². The van der Waals surface area contributed by atoms with Crippen molar-refractivity contribution >= 4 is 5.97 Å². The quantitative estimate of drug-likeness (QED) is 0.455. The third-order valence-electron chi connectivity index (χ3n) is 3.90. The van der Waals surface area contributed by atoms with E-state index in [0.29, 0.717) is 11.7 Å². The zero-order valence-electron chi connectivity index (χ0n) is 15.5. The average Bonchev–Trinajstić information content (AvgIpc) is 3.07. The molecule has 0 N–H and O–H groups in total. The van der Waals surface area contributed by atoms with Crippen molar-refractivity contribution in [1.29, 1.82) is 0 Å². The fourth-order valence-electron chi connectivity index (χ4n) is 2.28. The summed E-state index contributed by atoms with van der Waals surface area (Å²) >= 11 is 0. The number of esters is 1. The van der Waals surface area contributed by atoms with Crippen LogP contribution in [0.2, 0.25) is 0 Å². The number of hydrogen-bond acceptors (Lipinski definition) is 5. The summed E-state index contributed by atoms with van der Waals surface area (Å²) in [4.78, 5) is 11.8. The van der Waals surface area contributed by atoms with Crippen LogP contribution in [-0.2, 0) is 14.3 Å². The van der Waals surface area contributed by atoms with Crippen molar-refractivity contribution in [2.24, 2.45) is 0 Å². The Kier molecular flexibility index (Phi) is 5.85. The summed E-state index contributed by atoms with van der Waals surface area (Å²) in [7, 11) is 2.74. The zero-order valence-corrected chi connectivity index (χ0v) is 15.5. The minimum Gasteiger partial charge on any atom is -0.500 e. The van der Waals surface area contributed by atoms with Gasteiger partial charge in [0.15, 0.2) is 0 Å². The summed E-state index contributed by atoms with van der Waals surface area (Å²) in [5, 5.41) is 4.59. The van der Waals surface area contributed by atoms with Gasteiger partial charge < -0.3 is 14.2 Å². The Labute approximate surface area is 148 Å². The first-order valence-corrected chi connectivity index (χ1v) is 8.03. The van der Waals surface area contributed by atoms with Gasteiger partial charge in [-0.1, -0.05) is 13.8 Å². The molecule has 0 fully saturated rings. The van der Waals surface area contributed by atoms with Crippen LogP contribution in [0, 0.1) is 13.8 Å². The highest BCUT2D eigenvalue weighted by Gasteiger charge is 2.17. The van der Waals surface area contributed by atoms with Gasteiger partial charge in [-0.2, -0.15) is 5.10 Å². The molecule has 0 aliphatic carbocycles. The average molecular weight is 344 g/mol. The van der Waals surface area contributed by atoms with E-state index in [2.05, 4.69) is 18.9 Å². The molecule has 0 bridgehead atoms. The molecule has 2 rings (SSSR count). The minimum absolute atomic E-state index is 0.0204. The number of methoxy groups -OCH3 is 2. The van der Waals surface area contributed by atoms with E-state index in [0.717, 1.165) is 22.5 Å². The molecule has 1 heterocycles. The number of ether oxygens (including phenoxy) is 3. The van der Waals surface area contributed by atoms with E-state index in [1.165, 1.54) is 20.5 Å². The molecule has 0 saturated carbocycles. The first-order valence-electron chi connectivity index (χ1n) is 8.03. The number of rotatable bonds is 6. The van der Waals surface area contributed by atoms with Crippen molar-refractivity contribution in [3.63, 3.8) is 0 Å². The Hall–Kier alpha value is -2.76. The second kappa shape index (κ2) is 7.88. The number of aromatic nitrogens is 2. The third-order valence-corrected chi connectivity index (χ3v) is 3.90. The fourth-order valence-corrected chi connectivity index (χ4v) is 2.28. The predicted octanol–water partition coefficient (Wildman–Crippen LogP) is 3.65. The Balaban J connectivity index is 2.43. The van der Waals surface area contributed by atoms with Crippen molar-refractivity contribution in [3.8, 4) is 11.4 Å². The molecule has 25 heavy (non-hydrogen) atoms. The van der Waals surface area contributed by atoms with Gasteiger partial charge in [-0.15, -0.1) is 0 Å². The summed E-state index contributed by atoms with van der Waals surface area (Å²) in [6.07, 6.45) is 3.13. The molecule has 2 aromatic rings. The van der Waals surface area contributed by atoms with Gasteiger partial charge in [-0.25, -0.2) is 9.48 Å². The van der Waals surface area contributed by atoms with Crippen LogP contribution in [0.4, 0.5) is 0 Å². The number of benzene rings is 1. The van der Waals surface area contributed by atoms with Gasteiger partial charge in [0.05, 0.1) is 25.6 Å². The lowest BCUT2D eigenvalue weighted by Crippen LogP contribution is -2.12. The van der Waals surface area contributed by atoms with E-state index < -0.39 is 5.97 Å². The molecule has 0 saturated heterocycles. The lowest BCUT2D eigenvalue weighted by molar-refractivity contribution is -0.138. The van der Waals surface area contributed by atoms with Crippen LogP contribution in [-0.4, -0.2) is 30.0 Å².